The van der Waals surface area contributed by atoms with Gasteiger partial charge in [0, 0.05) is 27.5 Å². The third-order valence-electron chi connectivity index (χ3n) is 6.32. The highest BCUT2D eigenvalue weighted by Crippen LogP contribution is 2.34. The van der Waals surface area contributed by atoms with Crippen molar-refractivity contribution in [2.75, 3.05) is 19.7 Å². The van der Waals surface area contributed by atoms with E-state index < -0.39 is 5.54 Å². The maximum Gasteiger partial charge on any atom is 0.254 e. The molecule has 0 N–H and O–H groups in total. The molecule has 3 aromatic rings. The first-order chi connectivity index (χ1) is 16.6. The monoisotopic (exact) mass is 510 g/mol. The minimum atomic E-state index is -0.515. The number of benzene rings is 2. The highest BCUT2D eigenvalue weighted by Gasteiger charge is 2.36. The lowest BCUT2D eigenvalue weighted by Gasteiger charge is -2.40. The average Bonchev–Trinajstić information content (AvgIpc) is 3.31. The molecule has 35 heavy (non-hydrogen) atoms. The summed E-state index contributed by atoms with van der Waals surface area (Å²) in [6.07, 6.45) is 0.803. The van der Waals surface area contributed by atoms with Crippen LogP contribution in [0.5, 0.6) is 5.75 Å². The average molecular weight is 511 g/mol. The second kappa shape index (κ2) is 10.4. The Kier molecular flexibility index (Phi) is 7.53. The fourth-order valence-electron chi connectivity index (χ4n) is 4.33. The maximum absolute atomic E-state index is 13.7. The fourth-order valence-corrected chi connectivity index (χ4v) is 5.38. The molecule has 1 aromatic heterocycles. The van der Waals surface area contributed by atoms with Crippen molar-refractivity contribution in [3.8, 4) is 5.75 Å². The van der Waals surface area contributed by atoms with Crippen molar-refractivity contribution in [1.29, 1.82) is 0 Å². The summed E-state index contributed by atoms with van der Waals surface area (Å²) in [6.45, 7) is 8.74. The van der Waals surface area contributed by atoms with E-state index in [-0.39, 0.29) is 24.4 Å². The van der Waals surface area contributed by atoms with Gasteiger partial charge in [-0.2, -0.15) is 0 Å². The lowest BCUT2D eigenvalue weighted by molar-refractivity contribution is -0.136. The van der Waals surface area contributed by atoms with E-state index in [1.807, 2.05) is 69.0 Å². The number of hydrogen-bond donors (Lipinski definition) is 0. The SMILES string of the molecule is Cc1cc(OC[C@H]2c3ccsc3CCN2C(=O)CN(C(=O)c2ccccc2)C(C)(C)C)ccc1Cl. The van der Waals surface area contributed by atoms with E-state index in [0.29, 0.717) is 23.7 Å². The Morgan fingerprint density at radius 3 is 2.57 bits per heavy atom. The predicted molar refractivity (Wildman–Crippen MR) is 141 cm³/mol. The van der Waals surface area contributed by atoms with Crippen LogP contribution < -0.4 is 4.74 Å². The topological polar surface area (TPSA) is 49.9 Å². The number of carbonyl (C=O) groups excluding carboxylic acids is 2. The van der Waals surface area contributed by atoms with Crippen molar-refractivity contribution >= 4 is 34.8 Å². The molecule has 0 bridgehead atoms. The highest BCUT2D eigenvalue weighted by atomic mass is 35.5. The molecule has 0 radical (unpaired) electrons. The van der Waals surface area contributed by atoms with Crippen LogP contribution in [0.25, 0.3) is 0 Å². The van der Waals surface area contributed by atoms with E-state index in [2.05, 4.69) is 11.4 Å². The molecule has 0 aliphatic carbocycles. The number of amides is 2. The van der Waals surface area contributed by atoms with Gasteiger partial charge in [-0.25, -0.2) is 0 Å². The molecule has 0 spiro atoms. The number of carbonyl (C=O) groups is 2. The van der Waals surface area contributed by atoms with Crippen LogP contribution in [0, 0.1) is 6.92 Å². The predicted octanol–water partition coefficient (Wildman–Crippen LogP) is 6.16. The second-order valence-corrected chi connectivity index (χ2v) is 11.2. The summed E-state index contributed by atoms with van der Waals surface area (Å²) in [7, 11) is 0. The summed E-state index contributed by atoms with van der Waals surface area (Å²) in [4.78, 5) is 31.9. The Hall–Kier alpha value is -2.83. The Morgan fingerprint density at radius 2 is 1.89 bits per heavy atom. The fraction of sp³-hybridized carbons (Fsp3) is 0.357. The van der Waals surface area contributed by atoms with Crippen LogP contribution in [-0.4, -0.2) is 46.8 Å². The number of halogens is 1. The first kappa shape index (κ1) is 25.3. The van der Waals surface area contributed by atoms with Crippen molar-refractivity contribution in [1.82, 2.24) is 9.80 Å². The van der Waals surface area contributed by atoms with Gasteiger partial charge in [0.05, 0.1) is 6.04 Å². The molecule has 184 valence electrons. The van der Waals surface area contributed by atoms with Gasteiger partial charge in [-0.3, -0.25) is 9.59 Å². The van der Waals surface area contributed by atoms with Gasteiger partial charge in [-0.15, -0.1) is 11.3 Å². The molecule has 0 unspecified atom stereocenters. The standard InChI is InChI=1S/C28H31ClN2O3S/c1-19-16-21(10-11-23(19)29)34-18-24-22-13-15-35-25(22)12-14-30(24)26(32)17-31(28(2,3)4)27(33)20-8-6-5-7-9-20/h5-11,13,15-16,24H,12,14,17-18H2,1-4H3/t24-/m0/s1. The van der Waals surface area contributed by atoms with Gasteiger partial charge in [0.15, 0.2) is 0 Å². The van der Waals surface area contributed by atoms with Crippen LogP contribution in [0.2, 0.25) is 5.02 Å². The number of thiophene rings is 1. The van der Waals surface area contributed by atoms with Crippen LogP contribution in [0.3, 0.4) is 0 Å². The summed E-state index contributed by atoms with van der Waals surface area (Å²) >= 11 is 7.88. The smallest absolute Gasteiger partial charge is 0.254 e. The Bertz CT molecular complexity index is 1200. The molecule has 1 aliphatic rings. The van der Waals surface area contributed by atoms with Crippen LogP contribution in [0.1, 0.15) is 53.2 Å². The van der Waals surface area contributed by atoms with E-state index in [1.54, 1.807) is 28.4 Å². The Morgan fingerprint density at radius 1 is 1.14 bits per heavy atom. The van der Waals surface area contributed by atoms with Crippen LogP contribution in [0.4, 0.5) is 0 Å². The van der Waals surface area contributed by atoms with Gasteiger partial charge in [-0.05, 0) is 87.0 Å². The van der Waals surface area contributed by atoms with Crippen LogP contribution in [0.15, 0.2) is 60.0 Å². The molecule has 0 saturated carbocycles. The van der Waals surface area contributed by atoms with Crippen molar-refractivity contribution in [2.24, 2.45) is 0 Å². The number of hydrogen-bond acceptors (Lipinski definition) is 4. The summed E-state index contributed by atoms with van der Waals surface area (Å²) in [5.41, 5.74) is 2.12. The third kappa shape index (κ3) is 5.71. The van der Waals surface area contributed by atoms with E-state index in [1.165, 1.54) is 4.88 Å². The number of nitrogens with zero attached hydrogens (tertiary/aromatic N) is 2. The first-order valence-electron chi connectivity index (χ1n) is 11.8. The van der Waals surface area contributed by atoms with Crippen LogP contribution in [-0.2, 0) is 11.2 Å². The maximum atomic E-state index is 13.7. The zero-order valence-corrected chi connectivity index (χ0v) is 22.2. The van der Waals surface area contributed by atoms with Crippen molar-refractivity contribution in [2.45, 2.75) is 45.7 Å². The minimum absolute atomic E-state index is 0.00719. The first-order valence-corrected chi connectivity index (χ1v) is 13.0. The molecule has 7 heteroatoms. The van der Waals surface area contributed by atoms with Crippen molar-refractivity contribution in [3.63, 3.8) is 0 Å². The second-order valence-electron chi connectivity index (χ2n) is 9.80. The van der Waals surface area contributed by atoms with Gasteiger partial charge in [-0.1, -0.05) is 29.8 Å². The molecule has 0 fully saturated rings. The van der Waals surface area contributed by atoms with Gasteiger partial charge in [0.2, 0.25) is 5.91 Å². The summed E-state index contributed by atoms with van der Waals surface area (Å²) in [5.74, 6) is 0.489. The zero-order chi connectivity index (χ0) is 25.2. The summed E-state index contributed by atoms with van der Waals surface area (Å²) in [5, 5.41) is 2.76. The Balaban J connectivity index is 1.56. The van der Waals surface area contributed by atoms with Gasteiger partial charge < -0.3 is 14.5 Å². The molecular weight excluding hydrogens is 480 g/mol. The minimum Gasteiger partial charge on any atom is -0.491 e. The van der Waals surface area contributed by atoms with Crippen molar-refractivity contribution in [3.05, 3.63) is 86.6 Å². The normalized spacial score (nSPS) is 15.5. The number of fused-ring (bicyclic) bond motifs is 1. The number of rotatable bonds is 6. The Labute approximate surface area is 216 Å². The number of aryl methyl sites for hydroxylation is 1. The molecular formula is C28H31ClN2O3S. The molecule has 1 atom stereocenters. The molecule has 2 aromatic carbocycles. The number of ether oxygens (including phenoxy) is 1. The molecule has 5 nitrogen and oxygen atoms in total. The van der Waals surface area contributed by atoms with Gasteiger partial charge in [0.25, 0.3) is 5.91 Å². The molecule has 0 saturated heterocycles. The molecule has 2 amide bonds. The largest absolute Gasteiger partial charge is 0.491 e. The van der Waals surface area contributed by atoms with Crippen molar-refractivity contribution < 1.29 is 14.3 Å². The highest BCUT2D eigenvalue weighted by molar-refractivity contribution is 7.10. The third-order valence-corrected chi connectivity index (χ3v) is 7.74. The van der Waals surface area contributed by atoms with Crippen LogP contribution >= 0.6 is 22.9 Å². The molecule has 2 heterocycles. The van der Waals surface area contributed by atoms with Gasteiger partial charge in [0.1, 0.15) is 18.9 Å². The van der Waals surface area contributed by atoms with Gasteiger partial charge >= 0.3 is 0 Å². The lowest BCUT2D eigenvalue weighted by atomic mass is 9.99. The quantitative estimate of drug-likeness (QED) is 0.399. The summed E-state index contributed by atoms with van der Waals surface area (Å²) < 4.78 is 6.15. The van der Waals surface area contributed by atoms with E-state index in [4.69, 9.17) is 16.3 Å². The molecule has 4 rings (SSSR count). The molecule has 1 aliphatic heterocycles. The van der Waals surface area contributed by atoms with E-state index in [9.17, 15) is 9.59 Å². The lowest BCUT2D eigenvalue weighted by Crippen LogP contribution is -2.53. The van der Waals surface area contributed by atoms with E-state index in [0.717, 1.165) is 23.3 Å². The zero-order valence-electron chi connectivity index (χ0n) is 20.6. The summed E-state index contributed by atoms with van der Waals surface area (Å²) in [6, 6.07) is 16.6. The van der Waals surface area contributed by atoms with E-state index >= 15 is 0 Å².